The van der Waals surface area contributed by atoms with Gasteiger partial charge in [0.15, 0.2) is 6.61 Å². The smallest absolute Gasteiger partial charge is 0.260 e. The molecule has 2 aromatic carbocycles. The van der Waals surface area contributed by atoms with Gasteiger partial charge < -0.3 is 15.0 Å². The van der Waals surface area contributed by atoms with Gasteiger partial charge in [0.25, 0.3) is 5.91 Å². The third-order valence-corrected chi connectivity index (χ3v) is 4.85. The average molecular weight is 373 g/mol. The summed E-state index contributed by atoms with van der Waals surface area (Å²) >= 11 is 5.91. The van der Waals surface area contributed by atoms with E-state index in [4.69, 9.17) is 16.3 Å². The van der Waals surface area contributed by atoms with Crippen LogP contribution in [0.3, 0.4) is 0 Å². The molecule has 0 atom stereocenters. The highest BCUT2D eigenvalue weighted by Gasteiger charge is 2.18. The molecule has 1 amide bonds. The summed E-state index contributed by atoms with van der Waals surface area (Å²) in [4.78, 5) is 14.0. The zero-order valence-electron chi connectivity index (χ0n) is 14.9. The topological polar surface area (TPSA) is 41.6 Å². The van der Waals surface area contributed by atoms with E-state index in [9.17, 15) is 4.79 Å². The number of likely N-dealkylation sites (tertiary alicyclic amines) is 1. The van der Waals surface area contributed by atoms with Crippen molar-refractivity contribution in [3.05, 3.63) is 64.7 Å². The van der Waals surface area contributed by atoms with Crippen LogP contribution in [0, 0.1) is 0 Å². The number of nitrogens with one attached hydrogen (secondary N) is 1. The van der Waals surface area contributed by atoms with Crippen molar-refractivity contribution >= 4 is 17.5 Å². The second kappa shape index (κ2) is 9.60. The fourth-order valence-corrected chi connectivity index (χ4v) is 3.22. The van der Waals surface area contributed by atoms with Gasteiger partial charge in [0.05, 0.1) is 0 Å². The Morgan fingerprint density at radius 2 is 1.81 bits per heavy atom. The van der Waals surface area contributed by atoms with Crippen LogP contribution in [-0.2, 0) is 17.8 Å². The predicted octanol–water partition coefficient (Wildman–Crippen LogP) is 3.67. The first-order chi connectivity index (χ1) is 12.7. The number of hydrogen-bond acceptors (Lipinski definition) is 3. The summed E-state index contributed by atoms with van der Waals surface area (Å²) in [6.07, 6.45) is 3.13. The standard InChI is InChI=1S/C21H25ClN2O2/c22-19-9-7-17(8-10-19)11-12-23-15-18-5-1-2-6-20(18)26-16-21(25)24-13-3-4-14-24/h1-2,5-10,23H,3-4,11-16H2. The van der Waals surface area contributed by atoms with Gasteiger partial charge >= 0.3 is 0 Å². The summed E-state index contributed by atoms with van der Waals surface area (Å²) in [5.74, 6) is 0.854. The summed E-state index contributed by atoms with van der Waals surface area (Å²) in [6.45, 7) is 3.40. The van der Waals surface area contributed by atoms with E-state index in [-0.39, 0.29) is 12.5 Å². The first kappa shape index (κ1) is 18.7. The number of nitrogens with zero attached hydrogens (tertiary/aromatic N) is 1. The molecular weight excluding hydrogens is 348 g/mol. The second-order valence-electron chi connectivity index (χ2n) is 6.54. The highest BCUT2D eigenvalue weighted by molar-refractivity contribution is 6.30. The Labute approximate surface area is 160 Å². The van der Waals surface area contributed by atoms with Gasteiger partial charge in [-0.25, -0.2) is 0 Å². The molecule has 0 unspecified atom stereocenters. The molecule has 0 aliphatic carbocycles. The average Bonchev–Trinajstić information content (AvgIpc) is 3.20. The molecule has 1 saturated heterocycles. The molecular formula is C21H25ClN2O2. The minimum absolute atomic E-state index is 0.0769. The van der Waals surface area contributed by atoms with E-state index in [0.29, 0.717) is 6.54 Å². The molecule has 2 aromatic rings. The highest BCUT2D eigenvalue weighted by atomic mass is 35.5. The molecule has 4 nitrogen and oxygen atoms in total. The molecule has 0 saturated carbocycles. The third-order valence-electron chi connectivity index (χ3n) is 4.60. The molecule has 3 rings (SSSR count). The van der Waals surface area contributed by atoms with E-state index in [1.54, 1.807) is 0 Å². The van der Waals surface area contributed by atoms with Gasteiger partial charge in [0.2, 0.25) is 0 Å². The summed E-state index contributed by atoms with van der Waals surface area (Å²) in [7, 11) is 0. The number of rotatable bonds is 8. The van der Waals surface area contributed by atoms with Crippen molar-refractivity contribution in [2.24, 2.45) is 0 Å². The minimum Gasteiger partial charge on any atom is -0.483 e. The summed E-state index contributed by atoms with van der Waals surface area (Å²) < 4.78 is 5.79. The lowest BCUT2D eigenvalue weighted by molar-refractivity contribution is -0.132. The van der Waals surface area contributed by atoms with E-state index >= 15 is 0 Å². The first-order valence-corrected chi connectivity index (χ1v) is 9.54. The molecule has 138 valence electrons. The van der Waals surface area contributed by atoms with Crippen LogP contribution in [0.25, 0.3) is 0 Å². The first-order valence-electron chi connectivity index (χ1n) is 9.16. The number of halogens is 1. The number of amides is 1. The van der Waals surface area contributed by atoms with Crippen molar-refractivity contribution in [2.45, 2.75) is 25.8 Å². The van der Waals surface area contributed by atoms with Crippen molar-refractivity contribution in [1.29, 1.82) is 0 Å². The summed E-state index contributed by atoms with van der Waals surface area (Å²) in [6, 6.07) is 15.8. The van der Waals surface area contributed by atoms with Gasteiger partial charge in [-0.2, -0.15) is 0 Å². The second-order valence-corrected chi connectivity index (χ2v) is 6.97. The van der Waals surface area contributed by atoms with Gasteiger partial charge in [-0.05, 0) is 49.6 Å². The van der Waals surface area contributed by atoms with Crippen LogP contribution in [0.1, 0.15) is 24.0 Å². The van der Waals surface area contributed by atoms with Gasteiger partial charge in [-0.15, -0.1) is 0 Å². The number of para-hydroxylation sites is 1. The Kier molecular flexibility index (Phi) is 6.92. The van der Waals surface area contributed by atoms with Crippen molar-refractivity contribution in [3.63, 3.8) is 0 Å². The molecule has 0 bridgehead atoms. The van der Waals surface area contributed by atoms with Crippen LogP contribution in [0.15, 0.2) is 48.5 Å². The zero-order valence-corrected chi connectivity index (χ0v) is 15.7. The number of carbonyl (C=O) groups is 1. The molecule has 1 fully saturated rings. The fraction of sp³-hybridized carbons (Fsp3) is 0.381. The predicted molar refractivity (Wildman–Crippen MR) is 105 cm³/mol. The highest BCUT2D eigenvalue weighted by Crippen LogP contribution is 2.18. The number of hydrogen-bond donors (Lipinski definition) is 1. The van der Waals surface area contributed by atoms with Crippen molar-refractivity contribution in [2.75, 3.05) is 26.2 Å². The molecule has 0 radical (unpaired) electrons. The molecule has 5 heteroatoms. The quantitative estimate of drug-likeness (QED) is 0.719. The van der Waals surface area contributed by atoms with Gasteiger partial charge in [-0.1, -0.05) is 41.9 Å². The molecule has 1 aliphatic heterocycles. The Balaban J connectivity index is 1.45. The molecule has 0 aromatic heterocycles. The zero-order chi connectivity index (χ0) is 18.2. The molecule has 1 N–H and O–H groups in total. The van der Waals surface area contributed by atoms with E-state index in [1.165, 1.54) is 5.56 Å². The Morgan fingerprint density at radius 3 is 2.58 bits per heavy atom. The lowest BCUT2D eigenvalue weighted by Crippen LogP contribution is -2.32. The van der Waals surface area contributed by atoms with Crippen LogP contribution < -0.4 is 10.1 Å². The number of ether oxygens (including phenoxy) is 1. The van der Waals surface area contributed by atoms with Crippen molar-refractivity contribution in [3.8, 4) is 5.75 Å². The summed E-state index contributed by atoms with van der Waals surface area (Å²) in [5.41, 5.74) is 2.32. The SMILES string of the molecule is O=C(COc1ccccc1CNCCc1ccc(Cl)cc1)N1CCCC1. The maximum absolute atomic E-state index is 12.1. The van der Waals surface area contributed by atoms with E-state index in [2.05, 4.69) is 5.32 Å². The lowest BCUT2D eigenvalue weighted by atomic mass is 10.1. The maximum atomic E-state index is 12.1. The van der Waals surface area contributed by atoms with Crippen molar-refractivity contribution in [1.82, 2.24) is 10.2 Å². The monoisotopic (exact) mass is 372 g/mol. The van der Waals surface area contributed by atoms with Crippen LogP contribution in [0.2, 0.25) is 5.02 Å². The molecule has 1 aliphatic rings. The van der Waals surface area contributed by atoms with Crippen molar-refractivity contribution < 1.29 is 9.53 Å². The third kappa shape index (κ3) is 5.48. The normalized spacial score (nSPS) is 13.8. The number of carbonyl (C=O) groups excluding carboxylic acids is 1. The largest absolute Gasteiger partial charge is 0.483 e. The number of benzene rings is 2. The Bertz CT molecular complexity index is 712. The van der Waals surface area contributed by atoms with E-state index < -0.39 is 0 Å². The van der Waals surface area contributed by atoms with Gasteiger partial charge in [-0.3, -0.25) is 4.79 Å². The van der Waals surface area contributed by atoms with E-state index in [1.807, 2.05) is 53.4 Å². The van der Waals surface area contributed by atoms with Crippen LogP contribution in [-0.4, -0.2) is 37.0 Å². The molecule has 0 spiro atoms. The maximum Gasteiger partial charge on any atom is 0.260 e. The lowest BCUT2D eigenvalue weighted by Gasteiger charge is -2.17. The van der Waals surface area contributed by atoms with Crippen LogP contribution in [0.4, 0.5) is 0 Å². The van der Waals surface area contributed by atoms with Gasteiger partial charge in [0.1, 0.15) is 5.75 Å². The molecule has 1 heterocycles. The van der Waals surface area contributed by atoms with E-state index in [0.717, 1.165) is 55.2 Å². The van der Waals surface area contributed by atoms with Gasteiger partial charge in [0, 0.05) is 30.2 Å². The Morgan fingerprint density at radius 1 is 1.08 bits per heavy atom. The van der Waals surface area contributed by atoms with Crippen LogP contribution >= 0.6 is 11.6 Å². The Hall–Kier alpha value is -2.04. The molecule has 26 heavy (non-hydrogen) atoms. The fourth-order valence-electron chi connectivity index (χ4n) is 3.09. The summed E-state index contributed by atoms with van der Waals surface area (Å²) in [5, 5.41) is 4.20. The van der Waals surface area contributed by atoms with Crippen LogP contribution in [0.5, 0.6) is 5.75 Å². The minimum atomic E-state index is 0.0769.